The molecule has 0 saturated heterocycles. The van der Waals surface area contributed by atoms with E-state index in [1.807, 2.05) is 21.3 Å². The van der Waals surface area contributed by atoms with E-state index in [2.05, 4.69) is 20.6 Å². The number of primary amides is 1. The molecule has 0 spiro atoms. The van der Waals surface area contributed by atoms with E-state index in [0.29, 0.717) is 64.7 Å². The average molecular weight is 463 g/mol. The van der Waals surface area contributed by atoms with Gasteiger partial charge < -0.3 is 35.3 Å². The van der Waals surface area contributed by atoms with Crippen molar-refractivity contribution in [3.63, 3.8) is 0 Å². The van der Waals surface area contributed by atoms with Gasteiger partial charge in [-0.05, 0) is 24.3 Å². The van der Waals surface area contributed by atoms with E-state index in [1.54, 1.807) is 32.3 Å². The van der Waals surface area contributed by atoms with Crippen LogP contribution in [0.15, 0.2) is 36.4 Å². The van der Waals surface area contributed by atoms with Gasteiger partial charge in [0.1, 0.15) is 28.8 Å². The first-order valence-corrected chi connectivity index (χ1v) is 10.5. The minimum Gasteiger partial charge on any atom is -0.506 e. The molecule has 2 aromatic carbocycles. The van der Waals surface area contributed by atoms with Crippen LogP contribution < -0.4 is 21.1 Å². The fourth-order valence-corrected chi connectivity index (χ4v) is 3.96. The molecule has 0 unspecified atom stereocenters. The van der Waals surface area contributed by atoms with E-state index in [0.717, 1.165) is 5.52 Å². The Morgan fingerprint density at radius 1 is 1.03 bits per heavy atom. The summed E-state index contributed by atoms with van der Waals surface area (Å²) in [6.45, 7) is 0.882. The molecule has 0 atom stereocenters. The predicted octanol–water partition coefficient (Wildman–Crippen LogP) is 2.35. The molecule has 0 radical (unpaired) electrons. The zero-order valence-electron chi connectivity index (χ0n) is 19.0. The number of rotatable bonds is 9. The van der Waals surface area contributed by atoms with Crippen LogP contribution in [-0.2, 0) is 13.1 Å². The Hall–Kier alpha value is -4.54. The summed E-state index contributed by atoms with van der Waals surface area (Å²) >= 11 is 0. The van der Waals surface area contributed by atoms with Crippen molar-refractivity contribution < 1.29 is 19.4 Å². The molecule has 4 aromatic rings. The average Bonchev–Trinajstić information content (AvgIpc) is 3.38. The van der Waals surface area contributed by atoms with E-state index in [1.165, 1.54) is 13.2 Å². The van der Waals surface area contributed by atoms with Crippen LogP contribution in [0.1, 0.15) is 20.7 Å². The van der Waals surface area contributed by atoms with Crippen LogP contribution in [0.5, 0.6) is 11.5 Å². The summed E-state index contributed by atoms with van der Waals surface area (Å²) in [5.74, 6) is 1.07. The molecule has 34 heavy (non-hydrogen) atoms. The van der Waals surface area contributed by atoms with Crippen LogP contribution in [0.25, 0.3) is 22.1 Å². The van der Waals surface area contributed by atoms with Crippen LogP contribution in [0, 0.1) is 0 Å². The second kappa shape index (κ2) is 9.14. The van der Waals surface area contributed by atoms with Crippen molar-refractivity contribution in [2.45, 2.75) is 13.1 Å². The van der Waals surface area contributed by atoms with Gasteiger partial charge in [-0.15, -0.1) is 0 Å². The number of aldehydes is 1. The number of aromatic hydroxyl groups is 1. The highest BCUT2D eigenvalue weighted by Gasteiger charge is 2.17. The Morgan fingerprint density at radius 3 is 2.15 bits per heavy atom. The maximum absolute atomic E-state index is 11.7. The third kappa shape index (κ3) is 3.87. The number of allylic oxidation sites excluding steroid dienone is 2. The van der Waals surface area contributed by atoms with Crippen molar-refractivity contribution in [1.82, 2.24) is 19.1 Å². The summed E-state index contributed by atoms with van der Waals surface area (Å²) < 4.78 is 9.24. The first-order chi connectivity index (χ1) is 16.4. The van der Waals surface area contributed by atoms with Crippen molar-refractivity contribution >= 4 is 46.2 Å². The maximum Gasteiger partial charge on any atom is 0.248 e. The van der Waals surface area contributed by atoms with E-state index in [4.69, 9.17) is 10.5 Å². The van der Waals surface area contributed by atoms with Gasteiger partial charge in [0.25, 0.3) is 0 Å². The molecule has 1 amide bonds. The number of imidazole rings is 2. The van der Waals surface area contributed by atoms with Gasteiger partial charge in [0, 0.05) is 38.3 Å². The Kier molecular flexibility index (Phi) is 6.09. The Morgan fingerprint density at radius 2 is 1.62 bits per heavy atom. The number of nitrogens with one attached hydrogen (secondary N) is 2. The fourth-order valence-electron chi connectivity index (χ4n) is 3.96. The zero-order chi connectivity index (χ0) is 24.4. The normalized spacial score (nSPS) is 11.4. The van der Waals surface area contributed by atoms with Gasteiger partial charge in [0.05, 0.1) is 18.1 Å². The number of hydrogen-bond acceptors (Lipinski definition) is 8. The summed E-state index contributed by atoms with van der Waals surface area (Å²) in [6, 6.07) is 6.28. The molecule has 0 saturated carbocycles. The molecule has 0 bridgehead atoms. The van der Waals surface area contributed by atoms with Gasteiger partial charge in [0.2, 0.25) is 17.8 Å². The third-order valence-corrected chi connectivity index (χ3v) is 5.48. The van der Waals surface area contributed by atoms with Crippen molar-refractivity contribution in [2.75, 3.05) is 31.8 Å². The lowest BCUT2D eigenvalue weighted by atomic mass is 10.1. The number of nitrogens with two attached hydrogens (primary N) is 1. The number of hydrogen-bond donors (Lipinski definition) is 4. The van der Waals surface area contributed by atoms with Gasteiger partial charge in [-0.25, -0.2) is 9.97 Å². The SMILES string of the molecule is CNc1nc2cc(C=O)cc(O)c2n1C/C=C/Cn1c(NC)nc2cc(C(N)=O)cc(OC)c21. The highest BCUT2D eigenvalue weighted by atomic mass is 16.5. The van der Waals surface area contributed by atoms with Crippen LogP contribution in [0.2, 0.25) is 0 Å². The van der Waals surface area contributed by atoms with Crippen molar-refractivity contribution in [2.24, 2.45) is 5.73 Å². The number of methoxy groups -OCH3 is 1. The molecule has 5 N–H and O–H groups in total. The Bertz CT molecular complexity index is 1430. The molecule has 11 heteroatoms. The predicted molar refractivity (Wildman–Crippen MR) is 130 cm³/mol. The topological polar surface area (TPSA) is 149 Å². The summed E-state index contributed by atoms with van der Waals surface area (Å²) in [7, 11) is 5.02. The number of ether oxygens (including phenoxy) is 1. The summed E-state index contributed by atoms with van der Waals surface area (Å²) in [4.78, 5) is 31.8. The van der Waals surface area contributed by atoms with Gasteiger partial charge >= 0.3 is 0 Å². The number of carbonyl (C=O) groups is 2. The molecule has 176 valence electrons. The van der Waals surface area contributed by atoms with Gasteiger partial charge in [-0.3, -0.25) is 9.59 Å². The van der Waals surface area contributed by atoms with Crippen LogP contribution >= 0.6 is 0 Å². The highest BCUT2D eigenvalue weighted by molar-refractivity contribution is 5.99. The summed E-state index contributed by atoms with van der Waals surface area (Å²) in [6.07, 6.45) is 4.56. The summed E-state index contributed by atoms with van der Waals surface area (Å²) in [5, 5.41) is 16.5. The monoisotopic (exact) mass is 463 g/mol. The molecule has 0 aliphatic rings. The first kappa shape index (κ1) is 22.6. The summed E-state index contributed by atoms with van der Waals surface area (Å²) in [5.41, 5.74) is 8.47. The number of aromatic nitrogens is 4. The van der Waals surface area contributed by atoms with Crippen LogP contribution in [-0.4, -0.2) is 57.6 Å². The number of fused-ring (bicyclic) bond motifs is 2. The fraction of sp³-hybridized carbons (Fsp3) is 0.217. The largest absolute Gasteiger partial charge is 0.506 e. The van der Waals surface area contributed by atoms with Gasteiger partial charge in [-0.1, -0.05) is 12.2 Å². The Labute approximate surface area is 194 Å². The lowest BCUT2D eigenvalue weighted by molar-refractivity contribution is 0.0999. The second-order valence-electron chi connectivity index (χ2n) is 7.50. The minimum absolute atomic E-state index is 0.0185. The standard InChI is InChI=1S/C23H25N7O4/c1-25-22-27-15-8-13(12-31)9-17(32)19(15)29(22)6-4-5-7-30-20-16(28-23(30)26-2)10-14(21(24)33)11-18(20)34-3/h4-5,8-12,32H,6-7H2,1-3H3,(H2,24,33)(H,25,27)(H,26,28)/b5-4+. The smallest absolute Gasteiger partial charge is 0.248 e. The number of amides is 1. The van der Waals surface area contributed by atoms with E-state index in [-0.39, 0.29) is 5.75 Å². The minimum atomic E-state index is -0.558. The first-order valence-electron chi connectivity index (χ1n) is 10.5. The maximum atomic E-state index is 11.7. The second-order valence-corrected chi connectivity index (χ2v) is 7.50. The molecule has 11 nitrogen and oxygen atoms in total. The molecule has 2 aromatic heterocycles. The molecular weight excluding hydrogens is 438 g/mol. The highest BCUT2D eigenvalue weighted by Crippen LogP contribution is 2.31. The van der Waals surface area contributed by atoms with Crippen molar-refractivity contribution in [3.8, 4) is 11.5 Å². The van der Waals surface area contributed by atoms with Crippen molar-refractivity contribution in [1.29, 1.82) is 0 Å². The molecule has 0 aliphatic carbocycles. The molecule has 4 rings (SSSR count). The quantitative estimate of drug-likeness (QED) is 0.218. The number of phenols is 1. The number of carbonyl (C=O) groups excluding carboxylic acids is 2. The number of phenolic OH excluding ortho intramolecular Hbond substituents is 1. The van der Waals surface area contributed by atoms with Gasteiger partial charge in [-0.2, -0.15) is 0 Å². The van der Waals surface area contributed by atoms with Crippen LogP contribution in [0.3, 0.4) is 0 Å². The number of anilines is 2. The molecule has 2 heterocycles. The van der Waals surface area contributed by atoms with Crippen molar-refractivity contribution in [3.05, 3.63) is 47.5 Å². The van der Waals surface area contributed by atoms with E-state index < -0.39 is 5.91 Å². The molecule has 0 aliphatic heterocycles. The third-order valence-electron chi connectivity index (χ3n) is 5.48. The number of nitrogens with zero attached hydrogens (tertiary/aromatic N) is 4. The lowest BCUT2D eigenvalue weighted by Gasteiger charge is -2.10. The number of benzene rings is 2. The van der Waals surface area contributed by atoms with E-state index >= 15 is 0 Å². The molecular formula is C23H25N7O4. The van der Waals surface area contributed by atoms with E-state index in [9.17, 15) is 14.7 Å². The zero-order valence-corrected chi connectivity index (χ0v) is 19.0. The Balaban J connectivity index is 1.67. The molecule has 0 fully saturated rings. The van der Waals surface area contributed by atoms with Crippen LogP contribution in [0.4, 0.5) is 11.9 Å². The van der Waals surface area contributed by atoms with Gasteiger partial charge in [0.15, 0.2) is 0 Å². The lowest BCUT2D eigenvalue weighted by Crippen LogP contribution is -2.11.